The monoisotopic (exact) mass is 324 g/mol. The van der Waals surface area contributed by atoms with Crippen LogP contribution in [0.1, 0.15) is 36.8 Å². The Morgan fingerprint density at radius 2 is 1.95 bits per heavy atom. The van der Waals surface area contributed by atoms with Gasteiger partial charge in [-0.2, -0.15) is 8.42 Å². The number of hydrogen-bond donors (Lipinski definition) is 1. The van der Waals surface area contributed by atoms with Gasteiger partial charge in [0.25, 0.3) is 10.1 Å². The summed E-state index contributed by atoms with van der Waals surface area (Å²) in [5.41, 5.74) is 0.818. The highest BCUT2D eigenvalue weighted by molar-refractivity contribution is 7.85. The van der Waals surface area contributed by atoms with Gasteiger partial charge in [-0.05, 0) is 56.1 Å². The van der Waals surface area contributed by atoms with Crippen molar-refractivity contribution in [3.05, 3.63) is 29.3 Å². The molecule has 1 aliphatic carbocycles. The number of rotatable bonds is 4. The zero-order valence-electron chi connectivity index (χ0n) is 12.5. The van der Waals surface area contributed by atoms with E-state index in [4.69, 9.17) is 4.74 Å². The molecule has 0 spiro atoms. The van der Waals surface area contributed by atoms with Crippen LogP contribution < -0.4 is 0 Å². The fourth-order valence-corrected chi connectivity index (χ4v) is 4.37. The van der Waals surface area contributed by atoms with Crippen molar-refractivity contribution in [2.24, 2.45) is 5.41 Å². The van der Waals surface area contributed by atoms with E-state index < -0.39 is 15.7 Å². The molecule has 5 nitrogen and oxygen atoms in total. The Morgan fingerprint density at radius 3 is 2.45 bits per heavy atom. The number of carbonyl (C=O) groups excluding carboxylic acids is 1. The SMILES string of the molecule is Cc1ccc(S(=O)(=O)O)c(CC23CCC(C=O)(CC2)OC3)c1. The number of benzene rings is 1. The maximum atomic E-state index is 11.6. The molecule has 0 amide bonds. The third kappa shape index (κ3) is 2.71. The highest BCUT2D eigenvalue weighted by Gasteiger charge is 2.50. The largest absolute Gasteiger partial charge is 0.367 e. The van der Waals surface area contributed by atoms with Crippen LogP contribution in [0.4, 0.5) is 0 Å². The number of fused-ring (bicyclic) bond motifs is 3. The Morgan fingerprint density at radius 1 is 1.27 bits per heavy atom. The summed E-state index contributed by atoms with van der Waals surface area (Å²) in [6, 6.07) is 4.95. The topological polar surface area (TPSA) is 80.7 Å². The fourth-order valence-electron chi connectivity index (χ4n) is 3.67. The second-order valence-electron chi connectivity index (χ2n) is 6.73. The molecule has 4 rings (SSSR count). The van der Waals surface area contributed by atoms with Crippen molar-refractivity contribution in [1.29, 1.82) is 0 Å². The summed E-state index contributed by atoms with van der Waals surface area (Å²) >= 11 is 0. The summed E-state index contributed by atoms with van der Waals surface area (Å²) in [7, 11) is -4.24. The molecule has 2 aliphatic heterocycles. The molecule has 2 bridgehead atoms. The molecule has 3 fully saturated rings. The van der Waals surface area contributed by atoms with Gasteiger partial charge in [0.2, 0.25) is 0 Å². The van der Waals surface area contributed by atoms with Crippen molar-refractivity contribution >= 4 is 16.4 Å². The van der Waals surface area contributed by atoms with Crippen LogP contribution in [0, 0.1) is 12.3 Å². The quantitative estimate of drug-likeness (QED) is 0.679. The van der Waals surface area contributed by atoms with Crippen molar-refractivity contribution in [3.8, 4) is 0 Å². The fraction of sp³-hybridized carbons (Fsp3) is 0.562. The smallest absolute Gasteiger partial charge is 0.294 e. The maximum absolute atomic E-state index is 11.6. The van der Waals surface area contributed by atoms with Crippen LogP contribution in [-0.2, 0) is 26.1 Å². The van der Waals surface area contributed by atoms with Crippen LogP contribution in [-0.4, -0.2) is 31.5 Å². The Hall–Kier alpha value is -1.24. The van der Waals surface area contributed by atoms with Gasteiger partial charge >= 0.3 is 0 Å². The van der Waals surface area contributed by atoms with Gasteiger partial charge < -0.3 is 9.53 Å². The summed E-state index contributed by atoms with van der Waals surface area (Å²) in [6.07, 6.45) is 4.49. The lowest BCUT2D eigenvalue weighted by Crippen LogP contribution is -2.52. The summed E-state index contributed by atoms with van der Waals surface area (Å²) in [5, 5.41) is 0. The van der Waals surface area contributed by atoms with E-state index in [0.717, 1.165) is 24.7 Å². The van der Waals surface area contributed by atoms with Gasteiger partial charge in [-0.3, -0.25) is 4.55 Å². The van der Waals surface area contributed by atoms with E-state index in [0.29, 0.717) is 31.4 Å². The van der Waals surface area contributed by atoms with E-state index >= 15 is 0 Å². The first-order valence-corrected chi connectivity index (χ1v) is 8.89. The molecule has 0 aromatic heterocycles. The number of ether oxygens (including phenoxy) is 1. The highest BCUT2D eigenvalue weighted by Crippen LogP contribution is 2.50. The third-order valence-corrected chi connectivity index (χ3v) is 6.05. The Balaban J connectivity index is 1.91. The maximum Gasteiger partial charge on any atom is 0.294 e. The molecule has 3 aliphatic rings. The predicted molar refractivity (Wildman–Crippen MR) is 80.3 cm³/mol. The van der Waals surface area contributed by atoms with Gasteiger partial charge in [0.1, 0.15) is 5.60 Å². The average Bonchev–Trinajstić information content (AvgIpc) is 2.48. The molecule has 1 saturated carbocycles. The normalized spacial score (nSPS) is 31.2. The lowest BCUT2D eigenvalue weighted by atomic mass is 9.64. The molecule has 1 aromatic rings. The van der Waals surface area contributed by atoms with Crippen LogP contribution in [0.5, 0.6) is 0 Å². The second kappa shape index (κ2) is 5.15. The second-order valence-corrected chi connectivity index (χ2v) is 8.12. The zero-order valence-corrected chi connectivity index (χ0v) is 13.4. The summed E-state index contributed by atoms with van der Waals surface area (Å²) < 4.78 is 38.4. The van der Waals surface area contributed by atoms with E-state index in [1.54, 1.807) is 6.07 Å². The van der Waals surface area contributed by atoms with Crippen LogP contribution >= 0.6 is 0 Å². The van der Waals surface area contributed by atoms with E-state index in [1.807, 2.05) is 13.0 Å². The molecule has 1 aromatic carbocycles. The van der Waals surface area contributed by atoms with Gasteiger partial charge in [-0.1, -0.05) is 17.7 Å². The van der Waals surface area contributed by atoms with Crippen LogP contribution in [0.15, 0.2) is 23.1 Å². The molecule has 0 unspecified atom stereocenters. The van der Waals surface area contributed by atoms with Crippen molar-refractivity contribution in [1.82, 2.24) is 0 Å². The third-order valence-electron chi connectivity index (χ3n) is 5.10. The molecular formula is C16H20O5S. The molecule has 0 radical (unpaired) electrons. The summed E-state index contributed by atoms with van der Waals surface area (Å²) in [5.74, 6) is 0. The Bertz CT molecular complexity index is 683. The van der Waals surface area contributed by atoms with Gasteiger partial charge in [-0.25, -0.2) is 0 Å². The van der Waals surface area contributed by atoms with Gasteiger partial charge in [-0.15, -0.1) is 0 Å². The predicted octanol–water partition coefficient (Wildman–Crippen LogP) is 2.31. The number of hydrogen-bond acceptors (Lipinski definition) is 4. The molecule has 22 heavy (non-hydrogen) atoms. The molecule has 2 saturated heterocycles. The lowest BCUT2D eigenvalue weighted by molar-refractivity contribution is -0.180. The first kappa shape index (κ1) is 15.6. The van der Waals surface area contributed by atoms with Crippen molar-refractivity contribution in [3.63, 3.8) is 0 Å². The molecule has 2 heterocycles. The van der Waals surface area contributed by atoms with E-state index in [1.165, 1.54) is 6.07 Å². The summed E-state index contributed by atoms with van der Waals surface area (Å²) in [6.45, 7) is 2.36. The van der Waals surface area contributed by atoms with E-state index in [9.17, 15) is 17.8 Å². The van der Waals surface area contributed by atoms with Gasteiger partial charge in [0.05, 0.1) is 11.5 Å². The van der Waals surface area contributed by atoms with Crippen molar-refractivity contribution < 1.29 is 22.5 Å². The molecule has 0 atom stereocenters. The number of carbonyl (C=O) groups is 1. The standard InChI is InChI=1S/C16H20O5S/c1-12-2-3-14(22(18,19)20)13(8-12)9-15-4-6-16(10-17,7-5-15)21-11-15/h2-3,8,10H,4-7,9,11H2,1H3,(H,18,19,20). The van der Waals surface area contributed by atoms with E-state index in [-0.39, 0.29) is 10.3 Å². The van der Waals surface area contributed by atoms with Crippen LogP contribution in [0.2, 0.25) is 0 Å². The summed E-state index contributed by atoms with van der Waals surface area (Å²) in [4.78, 5) is 11.2. The van der Waals surface area contributed by atoms with Gasteiger partial charge in [0, 0.05) is 0 Å². The van der Waals surface area contributed by atoms with Crippen molar-refractivity contribution in [2.75, 3.05) is 6.61 Å². The van der Waals surface area contributed by atoms with E-state index in [2.05, 4.69) is 0 Å². The Kier molecular flexibility index (Phi) is 3.66. The Labute approximate surface area is 130 Å². The van der Waals surface area contributed by atoms with Gasteiger partial charge in [0.15, 0.2) is 6.29 Å². The zero-order chi connectivity index (χ0) is 16.0. The average molecular weight is 324 g/mol. The van der Waals surface area contributed by atoms with Crippen LogP contribution in [0.25, 0.3) is 0 Å². The molecule has 6 heteroatoms. The first-order valence-electron chi connectivity index (χ1n) is 7.45. The lowest BCUT2D eigenvalue weighted by Gasteiger charge is -2.51. The van der Waals surface area contributed by atoms with Crippen molar-refractivity contribution in [2.45, 2.75) is 49.5 Å². The minimum absolute atomic E-state index is 0.0229. The number of aldehydes is 1. The molecule has 1 N–H and O–H groups in total. The number of aryl methyl sites for hydroxylation is 1. The minimum Gasteiger partial charge on any atom is -0.367 e. The first-order chi connectivity index (χ1) is 10.3. The highest BCUT2D eigenvalue weighted by atomic mass is 32.2. The minimum atomic E-state index is -4.24. The molecule has 120 valence electrons. The molecular weight excluding hydrogens is 304 g/mol. The van der Waals surface area contributed by atoms with Crippen LogP contribution in [0.3, 0.4) is 0 Å².